The maximum atomic E-state index is 13.0. The molecule has 2 aromatic rings. The van der Waals surface area contributed by atoms with Crippen LogP contribution >= 0.6 is 0 Å². The Morgan fingerprint density at radius 2 is 1.66 bits per heavy atom. The van der Waals surface area contributed by atoms with Gasteiger partial charge in [0.15, 0.2) is 0 Å². The zero-order valence-corrected chi connectivity index (χ0v) is 16.7. The second-order valence-electron chi connectivity index (χ2n) is 8.32. The van der Waals surface area contributed by atoms with E-state index in [-0.39, 0.29) is 24.7 Å². The fourth-order valence-electron chi connectivity index (χ4n) is 5.59. The van der Waals surface area contributed by atoms with Crippen molar-refractivity contribution < 1.29 is 14.6 Å². The first-order chi connectivity index (χ1) is 14.3. The van der Waals surface area contributed by atoms with Gasteiger partial charge in [-0.2, -0.15) is 0 Å². The molecule has 2 fully saturated rings. The molecule has 1 N–H and O–H groups in total. The van der Waals surface area contributed by atoms with Crippen molar-refractivity contribution in [2.24, 2.45) is 0 Å². The third-order valence-electron chi connectivity index (χ3n) is 6.88. The van der Waals surface area contributed by atoms with Crippen molar-refractivity contribution in [1.82, 2.24) is 9.80 Å². The Morgan fingerprint density at radius 3 is 2.34 bits per heavy atom. The summed E-state index contributed by atoms with van der Waals surface area (Å²) < 4.78 is 5.89. The zero-order valence-electron chi connectivity index (χ0n) is 16.7. The molecule has 2 heterocycles. The number of aliphatic hydroxyl groups excluding tert-OH is 1. The minimum Gasteiger partial charge on any atom is -0.448 e. The maximum absolute atomic E-state index is 13.0. The van der Waals surface area contributed by atoms with Crippen molar-refractivity contribution in [3.05, 3.63) is 59.7 Å². The van der Waals surface area contributed by atoms with Gasteiger partial charge in [0.2, 0.25) is 0 Å². The molecule has 3 aliphatic rings. The molecule has 0 spiro atoms. The number of amides is 1. The van der Waals surface area contributed by atoms with Gasteiger partial charge in [0.05, 0.1) is 12.6 Å². The first-order valence-electron chi connectivity index (χ1n) is 10.7. The van der Waals surface area contributed by atoms with Crippen molar-refractivity contribution in [2.45, 2.75) is 37.3 Å². The van der Waals surface area contributed by atoms with Crippen molar-refractivity contribution in [1.29, 1.82) is 0 Å². The minimum absolute atomic E-state index is 0.0991. The van der Waals surface area contributed by atoms with Crippen molar-refractivity contribution in [3.63, 3.8) is 0 Å². The number of nitrogens with zero attached hydrogens (tertiary/aromatic N) is 2. The van der Waals surface area contributed by atoms with E-state index < -0.39 is 0 Å². The lowest BCUT2D eigenvalue weighted by Crippen LogP contribution is -2.51. The first kappa shape index (κ1) is 18.6. The standard InChI is InChI=1S/C24H28N2O3/c27-15-14-25-12-5-10-23-22(25)11-13-26(23)24(28)29-16-21-19-8-3-1-6-17(19)18-7-2-4-9-20(18)21/h1-4,6-9,21-23,27H,5,10-16H2/t22-,23-/m1/s1. The van der Waals surface area contributed by atoms with Crippen LogP contribution in [0, 0.1) is 0 Å². The molecule has 0 unspecified atom stereocenters. The number of rotatable bonds is 4. The van der Waals surface area contributed by atoms with Crippen LogP contribution in [0.1, 0.15) is 36.3 Å². The molecule has 5 heteroatoms. The number of carbonyl (C=O) groups excluding carboxylic acids is 1. The van der Waals surface area contributed by atoms with Crippen LogP contribution in [0.4, 0.5) is 4.79 Å². The Hall–Kier alpha value is -2.37. The minimum atomic E-state index is -0.190. The van der Waals surface area contributed by atoms with E-state index in [4.69, 9.17) is 4.74 Å². The number of ether oxygens (including phenoxy) is 1. The molecule has 1 amide bonds. The molecular formula is C24H28N2O3. The van der Waals surface area contributed by atoms with Gasteiger partial charge >= 0.3 is 6.09 Å². The average molecular weight is 392 g/mol. The fraction of sp³-hybridized carbons (Fsp3) is 0.458. The molecule has 2 atom stereocenters. The van der Waals surface area contributed by atoms with Gasteiger partial charge in [-0.05, 0) is 48.1 Å². The molecule has 5 nitrogen and oxygen atoms in total. The molecule has 2 aromatic carbocycles. The van der Waals surface area contributed by atoms with E-state index >= 15 is 0 Å². The SMILES string of the molecule is O=C(OCC1c2ccccc2-c2ccccc21)N1CC[C@@H]2[C@H]1CCCN2CCO. The third kappa shape index (κ3) is 3.22. The molecule has 1 aliphatic carbocycles. The Morgan fingerprint density at radius 1 is 0.966 bits per heavy atom. The number of benzene rings is 2. The lowest BCUT2D eigenvalue weighted by molar-refractivity contribution is 0.0588. The van der Waals surface area contributed by atoms with Crippen molar-refractivity contribution in [2.75, 3.05) is 32.8 Å². The van der Waals surface area contributed by atoms with Gasteiger partial charge < -0.3 is 14.7 Å². The lowest BCUT2D eigenvalue weighted by Gasteiger charge is -2.39. The summed E-state index contributed by atoms with van der Waals surface area (Å²) >= 11 is 0. The number of hydrogen-bond acceptors (Lipinski definition) is 4. The van der Waals surface area contributed by atoms with Crippen LogP contribution < -0.4 is 0 Å². The number of hydrogen-bond donors (Lipinski definition) is 1. The maximum Gasteiger partial charge on any atom is 0.410 e. The highest BCUT2D eigenvalue weighted by Gasteiger charge is 2.42. The largest absolute Gasteiger partial charge is 0.448 e. The smallest absolute Gasteiger partial charge is 0.410 e. The monoisotopic (exact) mass is 392 g/mol. The summed E-state index contributed by atoms with van der Waals surface area (Å²) in [5, 5.41) is 9.33. The van der Waals surface area contributed by atoms with E-state index in [2.05, 4.69) is 53.4 Å². The van der Waals surface area contributed by atoms with Crippen molar-refractivity contribution in [3.8, 4) is 11.1 Å². The molecule has 152 valence electrons. The van der Waals surface area contributed by atoms with Crippen LogP contribution in [-0.2, 0) is 4.74 Å². The van der Waals surface area contributed by atoms with Crippen LogP contribution in [0.3, 0.4) is 0 Å². The van der Waals surface area contributed by atoms with Crippen LogP contribution in [-0.4, -0.2) is 65.9 Å². The first-order valence-corrected chi connectivity index (χ1v) is 10.7. The number of aliphatic hydroxyl groups is 1. The normalized spacial score (nSPS) is 23.6. The van der Waals surface area contributed by atoms with E-state index in [1.54, 1.807) is 0 Å². The summed E-state index contributed by atoms with van der Waals surface area (Å²) in [5.74, 6) is 0.0991. The van der Waals surface area contributed by atoms with Crippen LogP contribution in [0.5, 0.6) is 0 Å². The predicted molar refractivity (Wildman–Crippen MR) is 112 cm³/mol. The summed E-state index contributed by atoms with van der Waals surface area (Å²) in [5.41, 5.74) is 4.98. The zero-order chi connectivity index (χ0) is 19.8. The second-order valence-corrected chi connectivity index (χ2v) is 8.32. The summed E-state index contributed by atoms with van der Waals surface area (Å²) in [6, 6.07) is 17.4. The topological polar surface area (TPSA) is 53.0 Å². The quantitative estimate of drug-likeness (QED) is 0.866. The molecular weight excluding hydrogens is 364 g/mol. The van der Waals surface area contributed by atoms with E-state index in [1.165, 1.54) is 22.3 Å². The molecule has 0 bridgehead atoms. The van der Waals surface area contributed by atoms with Crippen LogP contribution in [0.2, 0.25) is 0 Å². The Balaban J connectivity index is 1.29. The van der Waals surface area contributed by atoms with Gasteiger partial charge in [0.25, 0.3) is 0 Å². The number of likely N-dealkylation sites (tertiary alicyclic amines) is 2. The highest BCUT2D eigenvalue weighted by atomic mass is 16.6. The Labute approximate surface area is 171 Å². The molecule has 2 aliphatic heterocycles. The number of carbonyl (C=O) groups is 1. The molecule has 0 saturated carbocycles. The highest BCUT2D eigenvalue weighted by Crippen LogP contribution is 2.44. The third-order valence-corrected chi connectivity index (χ3v) is 6.88. The molecule has 0 aromatic heterocycles. The molecule has 5 rings (SSSR count). The number of piperidine rings is 1. The molecule has 29 heavy (non-hydrogen) atoms. The van der Waals surface area contributed by atoms with Gasteiger partial charge in [-0.25, -0.2) is 4.79 Å². The Bertz CT molecular complexity index is 852. The number of β-amino-alcohol motifs (C(OH)–C–C–N with tert-alkyl or cyclic N) is 1. The molecule has 0 radical (unpaired) electrons. The van der Waals surface area contributed by atoms with Gasteiger partial charge in [-0.1, -0.05) is 48.5 Å². The van der Waals surface area contributed by atoms with Crippen LogP contribution in [0.15, 0.2) is 48.5 Å². The summed E-state index contributed by atoms with van der Waals surface area (Å²) in [6.45, 7) is 3.00. The molecule has 2 saturated heterocycles. The second kappa shape index (κ2) is 7.81. The van der Waals surface area contributed by atoms with Gasteiger partial charge in [-0.3, -0.25) is 4.90 Å². The van der Waals surface area contributed by atoms with Gasteiger partial charge in [0, 0.05) is 25.0 Å². The van der Waals surface area contributed by atoms with Crippen LogP contribution in [0.25, 0.3) is 11.1 Å². The van der Waals surface area contributed by atoms with E-state index in [1.807, 2.05) is 4.90 Å². The summed E-state index contributed by atoms with van der Waals surface area (Å²) in [4.78, 5) is 17.3. The highest BCUT2D eigenvalue weighted by molar-refractivity contribution is 5.79. The predicted octanol–water partition coefficient (Wildman–Crippen LogP) is 3.47. The van der Waals surface area contributed by atoms with E-state index in [0.29, 0.717) is 19.2 Å². The van der Waals surface area contributed by atoms with Crippen molar-refractivity contribution >= 4 is 6.09 Å². The fourth-order valence-corrected chi connectivity index (χ4v) is 5.59. The number of fused-ring (bicyclic) bond motifs is 4. The Kier molecular flexibility index (Phi) is 5.02. The van der Waals surface area contributed by atoms with E-state index in [0.717, 1.165) is 32.4 Å². The lowest BCUT2D eigenvalue weighted by atomic mass is 9.97. The average Bonchev–Trinajstić information content (AvgIpc) is 3.33. The summed E-state index contributed by atoms with van der Waals surface area (Å²) in [7, 11) is 0. The summed E-state index contributed by atoms with van der Waals surface area (Å²) in [6.07, 6.45) is 2.87. The van der Waals surface area contributed by atoms with E-state index in [9.17, 15) is 9.90 Å². The van der Waals surface area contributed by atoms with Gasteiger partial charge in [-0.15, -0.1) is 0 Å². The van der Waals surface area contributed by atoms with Gasteiger partial charge in [0.1, 0.15) is 6.61 Å².